The second kappa shape index (κ2) is 7.94. The van der Waals surface area contributed by atoms with Crippen molar-refractivity contribution >= 4 is 38.1 Å². The molecule has 1 atom stereocenters. The summed E-state index contributed by atoms with van der Waals surface area (Å²) in [5, 5.41) is 17.1. The average molecular weight is 382 g/mol. The maximum Gasteiger partial charge on any atom is 0.181 e. The summed E-state index contributed by atoms with van der Waals surface area (Å²) >= 11 is 1.47. The van der Waals surface area contributed by atoms with E-state index in [1.54, 1.807) is 5.01 Å². The molecular formula is C20H22N4O2S. The van der Waals surface area contributed by atoms with Crippen molar-refractivity contribution in [3.63, 3.8) is 0 Å². The van der Waals surface area contributed by atoms with Crippen molar-refractivity contribution in [2.45, 2.75) is 31.9 Å². The minimum atomic E-state index is -0.572. The smallest absolute Gasteiger partial charge is 0.181 e. The van der Waals surface area contributed by atoms with Gasteiger partial charge in [0.1, 0.15) is 5.75 Å². The van der Waals surface area contributed by atoms with Crippen molar-refractivity contribution in [1.82, 2.24) is 4.98 Å². The van der Waals surface area contributed by atoms with Gasteiger partial charge in [-0.3, -0.25) is 0 Å². The molecule has 1 aromatic heterocycles. The number of thiazole rings is 1. The first kappa shape index (κ1) is 17.8. The Kier molecular flexibility index (Phi) is 5.22. The van der Waals surface area contributed by atoms with E-state index in [1.807, 2.05) is 48.5 Å². The van der Waals surface area contributed by atoms with Crippen LogP contribution in [0.4, 0.5) is 10.8 Å². The zero-order valence-electron chi connectivity index (χ0n) is 14.9. The number of anilines is 2. The van der Waals surface area contributed by atoms with Gasteiger partial charge in [-0.1, -0.05) is 29.5 Å². The lowest BCUT2D eigenvalue weighted by molar-refractivity contribution is 0.186. The summed E-state index contributed by atoms with van der Waals surface area (Å²) in [6, 6.07) is 15.6. The van der Waals surface area contributed by atoms with Crippen molar-refractivity contribution < 1.29 is 9.84 Å². The first-order valence-corrected chi connectivity index (χ1v) is 9.88. The number of hydrogen-bond acceptors (Lipinski definition) is 7. The third-order valence-corrected chi connectivity index (χ3v) is 5.32. The van der Waals surface area contributed by atoms with Gasteiger partial charge in [-0.25, -0.2) is 9.99 Å². The molecule has 0 fully saturated rings. The third-order valence-electron chi connectivity index (χ3n) is 4.48. The van der Waals surface area contributed by atoms with E-state index < -0.39 is 6.23 Å². The molecule has 2 heterocycles. The molecule has 1 unspecified atom stereocenters. The largest absolute Gasteiger partial charge is 0.494 e. The molecule has 3 N–H and O–H groups in total. The van der Waals surface area contributed by atoms with Gasteiger partial charge in [0.05, 0.1) is 22.5 Å². The molecule has 140 valence electrons. The van der Waals surface area contributed by atoms with Crippen LogP contribution in [-0.4, -0.2) is 28.6 Å². The number of para-hydroxylation sites is 1. The average Bonchev–Trinajstić information content (AvgIpc) is 3.23. The minimum absolute atomic E-state index is 0.572. The summed E-state index contributed by atoms with van der Waals surface area (Å²) in [6.07, 6.45) is 2.80. The van der Waals surface area contributed by atoms with Gasteiger partial charge in [0.2, 0.25) is 0 Å². The fourth-order valence-corrected chi connectivity index (χ4v) is 3.92. The Bertz CT molecular complexity index is 942. The number of nitrogen functional groups attached to an aromatic ring is 1. The zero-order chi connectivity index (χ0) is 18.6. The van der Waals surface area contributed by atoms with E-state index >= 15 is 0 Å². The third kappa shape index (κ3) is 4.20. The number of aliphatic hydroxyl groups is 1. The molecule has 0 radical (unpaired) electrons. The number of rotatable bonds is 7. The zero-order valence-corrected chi connectivity index (χ0v) is 15.7. The minimum Gasteiger partial charge on any atom is -0.494 e. The van der Waals surface area contributed by atoms with Crippen molar-refractivity contribution in [1.29, 1.82) is 0 Å². The fourth-order valence-electron chi connectivity index (χ4n) is 3.15. The molecule has 0 bridgehead atoms. The van der Waals surface area contributed by atoms with Crippen molar-refractivity contribution in [2.75, 3.05) is 17.3 Å². The SMILES string of the molecule is Nc1nc2ccc(OCCCCC3=NN(c4ccccc4)C(O)C3)cc2s1. The van der Waals surface area contributed by atoms with Gasteiger partial charge in [0.25, 0.3) is 0 Å². The van der Waals surface area contributed by atoms with Crippen LogP contribution in [0.5, 0.6) is 5.75 Å². The lowest BCUT2D eigenvalue weighted by Crippen LogP contribution is -2.25. The standard InChI is InChI=1S/C20H22N4O2S/c21-20-22-17-10-9-16(13-18(17)27-20)26-11-5-4-6-14-12-19(25)24(23-14)15-7-2-1-3-8-15/h1-3,7-10,13,19,25H,4-6,11-12H2,(H2,21,22). The first-order valence-electron chi connectivity index (χ1n) is 9.06. The van der Waals surface area contributed by atoms with Gasteiger partial charge < -0.3 is 15.6 Å². The number of fused-ring (bicyclic) bond motifs is 1. The Balaban J connectivity index is 1.24. The maximum atomic E-state index is 10.2. The van der Waals surface area contributed by atoms with Gasteiger partial charge in [0, 0.05) is 12.1 Å². The van der Waals surface area contributed by atoms with Crippen LogP contribution in [0.25, 0.3) is 10.2 Å². The summed E-state index contributed by atoms with van der Waals surface area (Å²) in [5.41, 5.74) is 8.59. The molecule has 0 amide bonds. The second-order valence-corrected chi connectivity index (χ2v) is 7.58. The number of unbranched alkanes of at least 4 members (excludes halogenated alkanes) is 1. The predicted octanol–water partition coefficient (Wildman–Crippen LogP) is 4.01. The number of nitrogens with zero attached hydrogens (tertiary/aromatic N) is 3. The van der Waals surface area contributed by atoms with E-state index in [9.17, 15) is 5.11 Å². The summed E-state index contributed by atoms with van der Waals surface area (Å²) in [4.78, 5) is 4.25. The van der Waals surface area contributed by atoms with E-state index in [0.717, 1.165) is 46.6 Å². The summed E-state index contributed by atoms with van der Waals surface area (Å²) in [7, 11) is 0. The van der Waals surface area contributed by atoms with Crippen molar-refractivity contribution in [3.8, 4) is 5.75 Å². The van der Waals surface area contributed by atoms with Gasteiger partial charge in [-0.05, 0) is 49.6 Å². The van der Waals surface area contributed by atoms with Crippen LogP contribution in [0, 0.1) is 0 Å². The lowest BCUT2D eigenvalue weighted by atomic mass is 10.1. The normalized spacial score (nSPS) is 16.7. The molecule has 0 saturated carbocycles. The number of hydrogen-bond donors (Lipinski definition) is 2. The van der Waals surface area contributed by atoms with Crippen molar-refractivity contribution in [2.24, 2.45) is 5.10 Å². The molecule has 3 aromatic rings. The molecular weight excluding hydrogens is 360 g/mol. The topological polar surface area (TPSA) is 84.0 Å². The Morgan fingerprint density at radius 3 is 2.89 bits per heavy atom. The van der Waals surface area contributed by atoms with E-state index in [1.165, 1.54) is 11.3 Å². The molecule has 0 spiro atoms. The number of hydrazone groups is 1. The molecule has 0 saturated heterocycles. The highest BCUT2D eigenvalue weighted by Crippen LogP contribution is 2.28. The summed E-state index contributed by atoms with van der Waals surface area (Å²) in [6.45, 7) is 0.651. The number of benzene rings is 2. The van der Waals surface area contributed by atoms with Gasteiger partial charge in [-0.15, -0.1) is 0 Å². The van der Waals surface area contributed by atoms with Crippen LogP contribution in [0.1, 0.15) is 25.7 Å². The molecule has 2 aromatic carbocycles. The highest BCUT2D eigenvalue weighted by molar-refractivity contribution is 7.22. The molecule has 27 heavy (non-hydrogen) atoms. The predicted molar refractivity (Wildman–Crippen MR) is 110 cm³/mol. The van der Waals surface area contributed by atoms with Crippen LogP contribution in [0.2, 0.25) is 0 Å². The Morgan fingerprint density at radius 2 is 2.04 bits per heavy atom. The molecule has 4 rings (SSSR count). The maximum absolute atomic E-state index is 10.2. The summed E-state index contributed by atoms with van der Waals surface area (Å²) in [5.74, 6) is 0.843. The Morgan fingerprint density at radius 1 is 1.19 bits per heavy atom. The van der Waals surface area contributed by atoms with Crippen molar-refractivity contribution in [3.05, 3.63) is 48.5 Å². The molecule has 7 heteroatoms. The van der Waals surface area contributed by atoms with Crippen LogP contribution in [0.3, 0.4) is 0 Å². The molecule has 0 aliphatic carbocycles. The van der Waals surface area contributed by atoms with Crippen LogP contribution >= 0.6 is 11.3 Å². The Labute approximate surface area is 161 Å². The molecule has 6 nitrogen and oxygen atoms in total. The lowest BCUT2D eigenvalue weighted by Gasteiger charge is -2.18. The molecule has 1 aliphatic rings. The van der Waals surface area contributed by atoms with Gasteiger partial charge in [0.15, 0.2) is 11.4 Å². The number of nitrogens with two attached hydrogens (primary N) is 1. The quantitative estimate of drug-likeness (QED) is 0.603. The van der Waals surface area contributed by atoms with E-state index in [2.05, 4.69) is 10.1 Å². The Hall–Kier alpha value is -2.64. The van der Waals surface area contributed by atoms with E-state index in [0.29, 0.717) is 18.2 Å². The number of aromatic nitrogens is 1. The first-order chi connectivity index (χ1) is 13.2. The van der Waals surface area contributed by atoms with E-state index in [4.69, 9.17) is 10.5 Å². The van der Waals surface area contributed by atoms with Crippen LogP contribution in [0.15, 0.2) is 53.6 Å². The highest BCUT2D eigenvalue weighted by atomic mass is 32.1. The monoisotopic (exact) mass is 382 g/mol. The number of ether oxygens (including phenoxy) is 1. The second-order valence-electron chi connectivity index (χ2n) is 6.52. The molecule has 1 aliphatic heterocycles. The van der Waals surface area contributed by atoms with E-state index in [-0.39, 0.29) is 0 Å². The van der Waals surface area contributed by atoms with Crippen LogP contribution in [-0.2, 0) is 0 Å². The number of aliphatic hydroxyl groups excluding tert-OH is 1. The van der Waals surface area contributed by atoms with Gasteiger partial charge >= 0.3 is 0 Å². The fraction of sp³-hybridized carbons (Fsp3) is 0.300. The highest BCUT2D eigenvalue weighted by Gasteiger charge is 2.24. The van der Waals surface area contributed by atoms with Crippen LogP contribution < -0.4 is 15.5 Å². The summed E-state index contributed by atoms with van der Waals surface area (Å²) < 4.78 is 6.88. The van der Waals surface area contributed by atoms with Gasteiger partial charge in [-0.2, -0.15) is 5.10 Å².